The summed E-state index contributed by atoms with van der Waals surface area (Å²) < 4.78 is 2.25. The highest BCUT2D eigenvalue weighted by molar-refractivity contribution is 5.80. The van der Waals surface area contributed by atoms with Crippen molar-refractivity contribution in [3.8, 4) is 0 Å². The summed E-state index contributed by atoms with van der Waals surface area (Å²) in [5, 5.41) is 3.60. The molecule has 0 unspecified atom stereocenters. The summed E-state index contributed by atoms with van der Waals surface area (Å²) in [6.45, 7) is 3.25. The van der Waals surface area contributed by atoms with E-state index in [-0.39, 0.29) is 0 Å². The lowest BCUT2D eigenvalue weighted by Crippen LogP contribution is -2.29. The van der Waals surface area contributed by atoms with Gasteiger partial charge >= 0.3 is 0 Å². The Labute approximate surface area is 125 Å². The number of hydrogen-bond acceptors (Lipinski definition) is 2. The number of unbranched alkanes of at least 4 members (excludes halogenated alkanes) is 2. The standard InChI is InChI=1S/C18H21N3/c1-2-3-6-14-20(17-9-12-19-13-10-17)21-15-11-16-7-4-5-8-18(16)21/h4-5,7-13,15H,2-3,6,14H2,1H3. The molecule has 0 amide bonds. The Morgan fingerprint density at radius 2 is 1.81 bits per heavy atom. The maximum atomic E-state index is 4.13. The Bertz CT molecular complexity index is 688. The highest BCUT2D eigenvalue weighted by Gasteiger charge is 2.10. The van der Waals surface area contributed by atoms with Crippen molar-refractivity contribution in [1.29, 1.82) is 0 Å². The molecule has 0 N–H and O–H groups in total. The molecule has 3 nitrogen and oxygen atoms in total. The van der Waals surface area contributed by atoms with E-state index >= 15 is 0 Å². The summed E-state index contributed by atoms with van der Waals surface area (Å²) in [6.07, 6.45) is 9.53. The van der Waals surface area contributed by atoms with E-state index in [1.807, 2.05) is 12.4 Å². The summed E-state index contributed by atoms with van der Waals surface area (Å²) in [6, 6.07) is 14.8. The quantitative estimate of drug-likeness (QED) is 0.620. The van der Waals surface area contributed by atoms with Gasteiger partial charge in [-0.25, -0.2) is 0 Å². The lowest BCUT2D eigenvalue weighted by molar-refractivity contribution is 0.638. The van der Waals surface area contributed by atoms with E-state index in [0.717, 1.165) is 6.54 Å². The first-order valence-corrected chi connectivity index (χ1v) is 7.64. The van der Waals surface area contributed by atoms with Crippen molar-refractivity contribution in [2.45, 2.75) is 26.2 Å². The molecule has 0 saturated heterocycles. The fourth-order valence-electron chi connectivity index (χ4n) is 2.67. The lowest BCUT2D eigenvalue weighted by Gasteiger charge is -2.27. The van der Waals surface area contributed by atoms with E-state index in [1.54, 1.807) is 0 Å². The van der Waals surface area contributed by atoms with Crippen molar-refractivity contribution in [1.82, 2.24) is 9.66 Å². The normalized spacial score (nSPS) is 10.9. The maximum absolute atomic E-state index is 4.13. The number of hydrogen-bond donors (Lipinski definition) is 0. The average molecular weight is 279 g/mol. The number of aromatic nitrogens is 2. The Kier molecular flexibility index (Phi) is 4.20. The van der Waals surface area contributed by atoms with E-state index in [4.69, 9.17) is 0 Å². The van der Waals surface area contributed by atoms with Crippen LogP contribution in [0.3, 0.4) is 0 Å². The van der Waals surface area contributed by atoms with Crippen LogP contribution in [0.1, 0.15) is 26.2 Å². The van der Waals surface area contributed by atoms with Gasteiger partial charge in [0.05, 0.1) is 11.2 Å². The molecule has 0 aliphatic rings. The third-order valence-electron chi connectivity index (χ3n) is 3.77. The molecule has 108 valence electrons. The van der Waals surface area contributed by atoms with Gasteiger partial charge in [-0.3, -0.25) is 14.7 Å². The van der Waals surface area contributed by atoms with Crippen molar-refractivity contribution < 1.29 is 0 Å². The first-order chi connectivity index (χ1) is 10.4. The van der Waals surface area contributed by atoms with Crippen LogP contribution in [-0.4, -0.2) is 16.2 Å². The molecular weight excluding hydrogens is 258 g/mol. The fraction of sp³-hybridized carbons (Fsp3) is 0.278. The van der Waals surface area contributed by atoms with Crippen LogP contribution in [0.15, 0.2) is 61.1 Å². The summed E-state index contributed by atoms with van der Waals surface area (Å²) in [7, 11) is 0. The molecule has 0 bridgehead atoms. The van der Waals surface area contributed by atoms with Crippen LogP contribution in [0.25, 0.3) is 10.9 Å². The Morgan fingerprint density at radius 3 is 2.62 bits per heavy atom. The topological polar surface area (TPSA) is 21.1 Å². The van der Waals surface area contributed by atoms with Crippen molar-refractivity contribution >= 4 is 16.6 Å². The second-order valence-electron chi connectivity index (χ2n) is 5.25. The van der Waals surface area contributed by atoms with E-state index < -0.39 is 0 Å². The number of rotatable bonds is 6. The van der Waals surface area contributed by atoms with Crippen molar-refractivity contribution in [3.05, 3.63) is 61.1 Å². The van der Waals surface area contributed by atoms with Crippen molar-refractivity contribution in [2.75, 3.05) is 11.6 Å². The molecule has 3 heteroatoms. The molecule has 0 spiro atoms. The van der Waals surface area contributed by atoms with Gasteiger partial charge in [0, 0.05) is 30.5 Å². The van der Waals surface area contributed by atoms with E-state index in [9.17, 15) is 0 Å². The van der Waals surface area contributed by atoms with E-state index in [2.05, 4.69) is 70.3 Å². The average Bonchev–Trinajstić information content (AvgIpc) is 2.96. The predicted molar refractivity (Wildman–Crippen MR) is 88.4 cm³/mol. The first kappa shape index (κ1) is 13.7. The number of para-hydroxylation sites is 1. The molecule has 0 atom stereocenters. The van der Waals surface area contributed by atoms with Gasteiger partial charge in [-0.15, -0.1) is 0 Å². The first-order valence-electron chi connectivity index (χ1n) is 7.64. The Balaban J connectivity index is 1.98. The molecule has 3 aromatic rings. The van der Waals surface area contributed by atoms with E-state index in [1.165, 1.54) is 35.9 Å². The van der Waals surface area contributed by atoms with Gasteiger partial charge in [0.2, 0.25) is 0 Å². The minimum atomic E-state index is 1.01. The molecule has 0 radical (unpaired) electrons. The molecule has 0 aliphatic carbocycles. The zero-order valence-corrected chi connectivity index (χ0v) is 12.4. The molecule has 2 aromatic heterocycles. The number of nitrogens with zero attached hydrogens (tertiary/aromatic N) is 3. The van der Waals surface area contributed by atoms with Gasteiger partial charge in [-0.05, 0) is 30.7 Å². The fourth-order valence-corrected chi connectivity index (χ4v) is 2.67. The molecule has 0 aliphatic heterocycles. The smallest absolute Gasteiger partial charge is 0.0698 e. The highest BCUT2D eigenvalue weighted by Crippen LogP contribution is 2.21. The van der Waals surface area contributed by atoms with Crippen LogP contribution < -0.4 is 5.01 Å². The van der Waals surface area contributed by atoms with Crippen molar-refractivity contribution in [3.63, 3.8) is 0 Å². The minimum absolute atomic E-state index is 1.01. The zero-order chi connectivity index (χ0) is 14.5. The summed E-state index contributed by atoms with van der Waals surface area (Å²) in [5.41, 5.74) is 2.42. The minimum Gasteiger partial charge on any atom is -0.281 e. The molecule has 1 aromatic carbocycles. The number of benzene rings is 1. The summed E-state index contributed by atoms with van der Waals surface area (Å²) >= 11 is 0. The Morgan fingerprint density at radius 1 is 1.00 bits per heavy atom. The summed E-state index contributed by atoms with van der Waals surface area (Å²) in [4.78, 5) is 4.13. The Hall–Kier alpha value is -2.29. The van der Waals surface area contributed by atoms with Crippen LogP contribution in [0.5, 0.6) is 0 Å². The van der Waals surface area contributed by atoms with Crippen LogP contribution in [-0.2, 0) is 0 Å². The van der Waals surface area contributed by atoms with Crippen LogP contribution in [0.4, 0.5) is 5.69 Å². The molecule has 21 heavy (non-hydrogen) atoms. The van der Waals surface area contributed by atoms with Gasteiger partial charge in [-0.1, -0.05) is 38.0 Å². The molecule has 0 saturated carbocycles. The van der Waals surface area contributed by atoms with Gasteiger partial charge in [0.15, 0.2) is 0 Å². The van der Waals surface area contributed by atoms with Gasteiger partial charge in [0.1, 0.15) is 0 Å². The van der Waals surface area contributed by atoms with Gasteiger partial charge in [0.25, 0.3) is 0 Å². The molecular formula is C18H21N3. The maximum Gasteiger partial charge on any atom is 0.0698 e. The van der Waals surface area contributed by atoms with E-state index in [0.29, 0.717) is 0 Å². The predicted octanol–water partition coefficient (Wildman–Crippen LogP) is 4.50. The number of fused-ring (bicyclic) bond motifs is 1. The third kappa shape index (κ3) is 2.92. The van der Waals surface area contributed by atoms with Crippen molar-refractivity contribution in [2.24, 2.45) is 0 Å². The SMILES string of the molecule is CCCCCN(c1ccncc1)n1ccc2ccccc21. The largest absolute Gasteiger partial charge is 0.281 e. The molecule has 0 fully saturated rings. The number of anilines is 1. The molecule has 2 heterocycles. The highest BCUT2D eigenvalue weighted by atomic mass is 15.5. The van der Waals surface area contributed by atoms with Gasteiger partial charge < -0.3 is 0 Å². The molecule has 3 rings (SSSR count). The third-order valence-corrected chi connectivity index (χ3v) is 3.77. The van der Waals surface area contributed by atoms with Gasteiger partial charge in [-0.2, -0.15) is 0 Å². The lowest BCUT2D eigenvalue weighted by atomic mass is 10.2. The monoisotopic (exact) mass is 279 g/mol. The van der Waals surface area contributed by atoms with Crippen LogP contribution >= 0.6 is 0 Å². The zero-order valence-electron chi connectivity index (χ0n) is 12.4. The van der Waals surface area contributed by atoms with Crippen LogP contribution in [0, 0.1) is 0 Å². The second kappa shape index (κ2) is 6.44. The van der Waals surface area contributed by atoms with Crippen LogP contribution in [0.2, 0.25) is 0 Å². The second-order valence-corrected chi connectivity index (χ2v) is 5.25. The summed E-state index contributed by atoms with van der Waals surface area (Å²) in [5.74, 6) is 0. The number of pyridine rings is 1.